The van der Waals surface area contributed by atoms with Crippen LogP contribution in [0.4, 0.5) is 15.8 Å². The Kier molecular flexibility index (Phi) is 3.70. The van der Waals surface area contributed by atoms with E-state index in [1.165, 1.54) is 12.1 Å². The lowest BCUT2D eigenvalue weighted by Crippen LogP contribution is -1.96. The fraction of sp³-hybridized carbons (Fsp3) is 0. The van der Waals surface area contributed by atoms with E-state index >= 15 is 0 Å². The number of halogens is 1. The number of nitrogens with zero attached hydrogens (tertiary/aromatic N) is 2. The number of rotatable bonds is 3. The number of benzene rings is 2. The van der Waals surface area contributed by atoms with Crippen LogP contribution in [0.1, 0.15) is 10.4 Å². The van der Waals surface area contributed by atoms with Gasteiger partial charge in [0.1, 0.15) is 11.5 Å². The van der Waals surface area contributed by atoms with E-state index in [2.05, 4.69) is 10.2 Å². The number of phenols is 3. The van der Waals surface area contributed by atoms with Gasteiger partial charge in [-0.25, -0.2) is 9.18 Å². The molecule has 108 valence electrons. The smallest absolute Gasteiger partial charge is 0.338 e. The summed E-state index contributed by atoms with van der Waals surface area (Å²) in [6, 6.07) is 5.56. The van der Waals surface area contributed by atoms with Gasteiger partial charge in [-0.15, -0.1) is 5.11 Å². The van der Waals surface area contributed by atoms with Crippen LogP contribution in [0, 0.1) is 5.82 Å². The molecule has 0 fully saturated rings. The summed E-state index contributed by atoms with van der Waals surface area (Å²) in [6.07, 6.45) is 0. The summed E-state index contributed by atoms with van der Waals surface area (Å²) in [6.45, 7) is 0. The van der Waals surface area contributed by atoms with Crippen LogP contribution < -0.4 is 0 Å². The summed E-state index contributed by atoms with van der Waals surface area (Å²) in [7, 11) is 0. The molecular weight excluding hydrogens is 283 g/mol. The number of hydrogen-bond acceptors (Lipinski definition) is 6. The minimum Gasteiger partial charge on any atom is -0.504 e. The van der Waals surface area contributed by atoms with Gasteiger partial charge < -0.3 is 20.4 Å². The van der Waals surface area contributed by atoms with E-state index in [1.54, 1.807) is 0 Å². The largest absolute Gasteiger partial charge is 0.504 e. The Labute approximate surface area is 117 Å². The summed E-state index contributed by atoms with van der Waals surface area (Å²) in [5.41, 5.74) is -0.865. The monoisotopic (exact) mass is 292 g/mol. The zero-order valence-electron chi connectivity index (χ0n) is 10.4. The molecule has 8 heteroatoms. The van der Waals surface area contributed by atoms with Crippen LogP contribution in [0.15, 0.2) is 40.6 Å². The van der Waals surface area contributed by atoms with Crippen LogP contribution >= 0.6 is 0 Å². The van der Waals surface area contributed by atoms with Gasteiger partial charge >= 0.3 is 5.97 Å². The number of aromatic hydroxyl groups is 3. The number of hydrogen-bond donors (Lipinski definition) is 4. The molecule has 21 heavy (non-hydrogen) atoms. The molecule has 0 unspecified atom stereocenters. The lowest BCUT2D eigenvalue weighted by molar-refractivity contribution is 0.0697. The maximum atomic E-state index is 12.7. The number of aromatic carboxylic acids is 1. The number of carbonyl (C=O) groups is 1. The number of carboxylic acids is 1. The van der Waals surface area contributed by atoms with Crippen molar-refractivity contribution in [3.8, 4) is 17.2 Å². The van der Waals surface area contributed by atoms with E-state index in [0.29, 0.717) is 0 Å². The molecule has 0 saturated heterocycles. The van der Waals surface area contributed by atoms with Gasteiger partial charge in [-0.3, -0.25) is 0 Å². The van der Waals surface area contributed by atoms with Gasteiger partial charge in [-0.1, -0.05) is 0 Å². The minimum atomic E-state index is -1.48. The normalized spacial score (nSPS) is 10.9. The second-order valence-corrected chi connectivity index (χ2v) is 3.97. The average Bonchev–Trinajstić information content (AvgIpc) is 2.45. The molecular formula is C13H9FN2O5. The maximum absolute atomic E-state index is 12.7. The second kappa shape index (κ2) is 5.45. The molecule has 0 radical (unpaired) electrons. The Hall–Kier alpha value is -3.16. The summed E-state index contributed by atoms with van der Waals surface area (Å²) in [4.78, 5) is 11.0. The lowest BCUT2D eigenvalue weighted by atomic mass is 10.1. The van der Waals surface area contributed by atoms with Crippen molar-refractivity contribution in [1.82, 2.24) is 0 Å². The van der Waals surface area contributed by atoms with Gasteiger partial charge in [-0.2, -0.15) is 5.11 Å². The Morgan fingerprint density at radius 2 is 1.62 bits per heavy atom. The molecule has 2 rings (SSSR count). The molecule has 7 nitrogen and oxygen atoms in total. The van der Waals surface area contributed by atoms with E-state index in [-0.39, 0.29) is 5.69 Å². The molecule has 0 atom stereocenters. The maximum Gasteiger partial charge on any atom is 0.338 e. The van der Waals surface area contributed by atoms with E-state index in [1.807, 2.05) is 0 Å². The Balaban J connectivity index is 2.50. The molecule has 0 aliphatic heterocycles. The fourth-order valence-electron chi connectivity index (χ4n) is 1.51. The van der Waals surface area contributed by atoms with E-state index in [4.69, 9.17) is 5.11 Å². The lowest BCUT2D eigenvalue weighted by Gasteiger charge is -2.06. The highest BCUT2D eigenvalue weighted by atomic mass is 19.1. The van der Waals surface area contributed by atoms with Crippen LogP contribution in [-0.4, -0.2) is 26.4 Å². The van der Waals surface area contributed by atoms with Gasteiger partial charge in [0.15, 0.2) is 11.5 Å². The van der Waals surface area contributed by atoms with Crippen molar-refractivity contribution in [3.05, 3.63) is 41.7 Å². The molecule has 0 saturated carbocycles. The Morgan fingerprint density at radius 1 is 1.00 bits per heavy atom. The first-order valence-corrected chi connectivity index (χ1v) is 5.58. The molecule has 0 amide bonds. The third kappa shape index (κ3) is 2.89. The van der Waals surface area contributed by atoms with Gasteiger partial charge in [-0.05, 0) is 24.3 Å². The minimum absolute atomic E-state index is 0.208. The first-order valence-electron chi connectivity index (χ1n) is 5.58. The SMILES string of the molecule is O=C(O)c1cc(O)c(O)c(O)c1/N=N/c1ccc(F)cc1. The summed E-state index contributed by atoms with van der Waals surface area (Å²) in [5, 5.41) is 44.5. The summed E-state index contributed by atoms with van der Waals surface area (Å²) >= 11 is 0. The zero-order chi connectivity index (χ0) is 15.6. The van der Waals surface area contributed by atoms with Crippen LogP contribution in [0.5, 0.6) is 17.2 Å². The number of carboxylic acid groups (broad SMARTS) is 1. The zero-order valence-corrected chi connectivity index (χ0v) is 10.4. The van der Waals surface area contributed by atoms with E-state index < -0.39 is 40.3 Å². The molecule has 0 aliphatic carbocycles. The average molecular weight is 292 g/mol. The second-order valence-electron chi connectivity index (χ2n) is 3.97. The molecule has 0 spiro atoms. The fourth-order valence-corrected chi connectivity index (χ4v) is 1.51. The van der Waals surface area contributed by atoms with Gasteiger partial charge in [0.05, 0.1) is 11.3 Å². The topological polar surface area (TPSA) is 123 Å². The van der Waals surface area contributed by atoms with E-state index in [9.17, 15) is 24.5 Å². The first-order chi connectivity index (χ1) is 9.90. The number of phenolic OH excluding ortho intramolecular Hbond substituents is 3. The standard InChI is InChI=1S/C13H9FN2O5/c14-6-1-3-7(4-2-6)15-16-10-8(13(20)21)5-9(17)11(18)12(10)19/h1-5,17-19H,(H,20,21)/b16-15+. The molecule has 0 bridgehead atoms. The molecule has 0 aromatic heterocycles. The van der Waals surface area contributed by atoms with Crippen molar-refractivity contribution in [2.45, 2.75) is 0 Å². The summed E-state index contributed by atoms with van der Waals surface area (Å²) in [5.74, 6) is -4.59. The van der Waals surface area contributed by atoms with Gasteiger partial charge in [0.2, 0.25) is 5.75 Å². The van der Waals surface area contributed by atoms with Gasteiger partial charge in [0.25, 0.3) is 0 Å². The highest BCUT2D eigenvalue weighted by Crippen LogP contribution is 2.45. The van der Waals surface area contributed by atoms with E-state index in [0.717, 1.165) is 18.2 Å². The third-order valence-electron chi connectivity index (χ3n) is 2.55. The molecule has 0 heterocycles. The van der Waals surface area contributed by atoms with Crippen molar-refractivity contribution < 1.29 is 29.6 Å². The van der Waals surface area contributed by atoms with Crippen LogP contribution in [-0.2, 0) is 0 Å². The first kappa shape index (κ1) is 14.3. The highest BCUT2D eigenvalue weighted by Gasteiger charge is 2.21. The predicted molar refractivity (Wildman–Crippen MR) is 69.0 cm³/mol. The molecule has 0 aliphatic rings. The van der Waals surface area contributed by atoms with Crippen molar-refractivity contribution in [1.29, 1.82) is 0 Å². The Morgan fingerprint density at radius 3 is 2.19 bits per heavy atom. The molecule has 2 aromatic rings. The third-order valence-corrected chi connectivity index (χ3v) is 2.55. The highest BCUT2D eigenvalue weighted by molar-refractivity contribution is 5.96. The summed E-state index contributed by atoms with van der Waals surface area (Å²) < 4.78 is 12.7. The van der Waals surface area contributed by atoms with Crippen molar-refractivity contribution in [3.63, 3.8) is 0 Å². The van der Waals surface area contributed by atoms with Crippen LogP contribution in [0.2, 0.25) is 0 Å². The van der Waals surface area contributed by atoms with Crippen molar-refractivity contribution in [2.24, 2.45) is 10.2 Å². The van der Waals surface area contributed by atoms with Crippen molar-refractivity contribution in [2.75, 3.05) is 0 Å². The van der Waals surface area contributed by atoms with Crippen LogP contribution in [0.3, 0.4) is 0 Å². The Bertz CT molecular complexity index is 728. The van der Waals surface area contributed by atoms with Crippen LogP contribution in [0.25, 0.3) is 0 Å². The molecule has 4 N–H and O–H groups in total. The predicted octanol–water partition coefficient (Wildman–Crippen LogP) is 3.06. The molecule has 2 aromatic carbocycles. The quantitative estimate of drug-likeness (QED) is 0.511. The van der Waals surface area contributed by atoms with Crippen molar-refractivity contribution >= 4 is 17.3 Å². The number of azo groups is 1. The van der Waals surface area contributed by atoms with Gasteiger partial charge in [0, 0.05) is 6.07 Å².